The molecule has 2 aliphatic rings. The van der Waals surface area contributed by atoms with E-state index < -0.39 is 23.7 Å². The molecule has 0 aliphatic heterocycles. The minimum atomic E-state index is -0.978. The van der Waals surface area contributed by atoms with Crippen molar-refractivity contribution in [1.82, 2.24) is 10.9 Å². The number of thiophene rings is 1. The molecule has 0 spiro atoms. The highest BCUT2D eigenvalue weighted by molar-refractivity contribution is 7.10. The maximum atomic E-state index is 12.7. The van der Waals surface area contributed by atoms with Gasteiger partial charge in [-0.15, -0.1) is 11.3 Å². The number of aliphatic carboxylic acids is 1. The van der Waals surface area contributed by atoms with Crippen LogP contribution in [0.25, 0.3) is 0 Å². The van der Waals surface area contributed by atoms with E-state index in [0.717, 1.165) is 36.0 Å². The molecular weight excluding hydrogens is 400 g/mol. The predicted molar refractivity (Wildman–Crippen MR) is 117 cm³/mol. The highest BCUT2D eigenvalue weighted by Gasteiger charge is 2.37. The fourth-order valence-corrected chi connectivity index (χ4v) is 5.71. The molecule has 3 N–H and O–H groups in total. The van der Waals surface area contributed by atoms with Crippen LogP contribution in [0.3, 0.4) is 0 Å². The van der Waals surface area contributed by atoms with Crippen LogP contribution in [0.2, 0.25) is 0 Å². The van der Waals surface area contributed by atoms with E-state index in [2.05, 4.69) is 31.6 Å². The van der Waals surface area contributed by atoms with Gasteiger partial charge in [-0.25, -0.2) is 0 Å². The lowest BCUT2D eigenvalue weighted by molar-refractivity contribution is -0.147. The topological polar surface area (TPSA) is 95.5 Å². The Morgan fingerprint density at radius 3 is 2.27 bits per heavy atom. The Bertz CT molecular complexity index is 894. The number of nitrogens with one attached hydrogen (secondary N) is 2. The fourth-order valence-electron chi connectivity index (χ4n) is 4.55. The van der Waals surface area contributed by atoms with Crippen LogP contribution in [0.15, 0.2) is 16.5 Å². The van der Waals surface area contributed by atoms with Gasteiger partial charge in [0.25, 0.3) is 5.91 Å². The highest BCUT2D eigenvalue weighted by Crippen LogP contribution is 2.40. The van der Waals surface area contributed by atoms with Crippen LogP contribution in [0.5, 0.6) is 0 Å². The van der Waals surface area contributed by atoms with E-state index in [9.17, 15) is 19.5 Å². The van der Waals surface area contributed by atoms with Gasteiger partial charge in [0.15, 0.2) is 0 Å². The number of carboxylic acids is 1. The molecule has 0 fully saturated rings. The molecule has 1 heterocycles. The maximum absolute atomic E-state index is 12.7. The minimum Gasteiger partial charge on any atom is -0.481 e. The average molecular weight is 433 g/mol. The van der Waals surface area contributed by atoms with Gasteiger partial charge in [-0.1, -0.05) is 31.9 Å². The number of carbonyl (C=O) groups excluding carboxylic acids is 2. The first-order valence-electron chi connectivity index (χ1n) is 10.6. The first kappa shape index (κ1) is 22.5. The van der Waals surface area contributed by atoms with E-state index >= 15 is 0 Å². The number of carboxylic acid groups (broad SMARTS) is 1. The van der Waals surface area contributed by atoms with Gasteiger partial charge in [-0.2, -0.15) is 0 Å². The molecule has 0 unspecified atom stereocenters. The molecule has 3 rings (SSSR count). The minimum absolute atomic E-state index is 0.240. The lowest BCUT2D eigenvalue weighted by Crippen LogP contribution is -2.48. The monoisotopic (exact) mass is 432 g/mol. The van der Waals surface area contributed by atoms with Crippen LogP contribution in [-0.4, -0.2) is 22.9 Å². The Morgan fingerprint density at radius 2 is 1.67 bits per heavy atom. The Labute approximate surface area is 182 Å². The maximum Gasteiger partial charge on any atom is 0.307 e. The number of hydrogen-bond acceptors (Lipinski definition) is 4. The van der Waals surface area contributed by atoms with Crippen molar-refractivity contribution in [2.75, 3.05) is 0 Å². The second-order valence-electron chi connectivity index (χ2n) is 9.82. The average Bonchev–Trinajstić information content (AvgIpc) is 3.10. The zero-order chi connectivity index (χ0) is 22.2. The number of rotatable bonds is 3. The van der Waals surface area contributed by atoms with Crippen LogP contribution < -0.4 is 10.9 Å². The van der Waals surface area contributed by atoms with Crippen LogP contribution in [-0.2, 0) is 22.4 Å². The van der Waals surface area contributed by atoms with Crippen molar-refractivity contribution < 1.29 is 19.5 Å². The van der Waals surface area contributed by atoms with Gasteiger partial charge in [0, 0.05) is 10.3 Å². The summed E-state index contributed by atoms with van der Waals surface area (Å²) in [4.78, 5) is 38.3. The molecule has 1 aromatic rings. The largest absolute Gasteiger partial charge is 0.481 e. The molecule has 30 heavy (non-hydrogen) atoms. The van der Waals surface area contributed by atoms with Crippen molar-refractivity contribution in [2.45, 2.75) is 66.7 Å². The molecule has 0 saturated heterocycles. The summed E-state index contributed by atoms with van der Waals surface area (Å²) < 4.78 is 0. The summed E-state index contributed by atoms with van der Waals surface area (Å²) in [6.45, 7) is 10.6. The molecule has 0 aromatic carbocycles. The van der Waals surface area contributed by atoms with Crippen molar-refractivity contribution in [3.8, 4) is 0 Å². The molecule has 0 radical (unpaired) electrons. The van der Waals surface area contributed by atoms with E-state index in [1.54, 1.807) is 11.3 Å². The third-order valence-electron chi connectivity index (χ3n) is 6.84. The molecule has 2 amide bonds. The standard InChI is InChI=1S/C23H32N2O4S/c1-12-8-16(17(22(28)29)9-13(12)2)20(26)24-25-21(27)18-11-30-19-10-14(23(3,4)5)6-7-15(18)19/h11,14,16-17H,6-10H2,1-5H3,(H,24,26)(H,25,27)(H,28,29)/t14-,16-,17+/m0/s1. The van der Waals surface area contributed by atoms with Crippen LogP contribution in [0.1, 0.15) is 74.7 Å². The molecule has 7 heteroatoms. The summed E-state index contributed by atoms with van der Waals surface area (Å²) in [6, 6.07) is 0. The Kier molecular flexibility index (Phi) is 6.41. The van der Waals surface area contributed by atoms with E-state index in [-0.39, 0.29) is 11.3 Å². The predicted octanol–water partition coefficient (Wildman–Crippen LogP) is 4.11. The van der Waals surface area contributed by atoms with Crippen molar-refractivity contribution >= 4 is 29.1 Å². The first-order valence-corrected chi connectivity index (χ1v) is 11.4. The number of amides is 2. The summed E-state index contributed by atoms with van der Waals surface area (Å²) in [5.74, 6) is -2.61. The van der Waals surface area contributed by atoms with Gasteiger partial charge < -0.3 is 5.11 Å². The SMILES string of the molecule is CC1=C(C)C[C@@H](C(=O)O)[C@@H](C(=O)NNC(=O)c2csc3c2CC[C@H](C(C)(C)C)C3)C1. The summed E-state index contributed by atoms with van der Waals surface area (Å²) in [5.41, 5.74) is 9.01. The van der Waals surface area contributed by atoms with Crippen molar-refractivity contribution in [3.63, 3.8) is 0 Å². The molecule has 164 valence electrons. The number of hydrazine groups is 1. The molecule has 1 aromatic heterocycles. The van der Waals surface area contributed by atoms with Gasteiger partial charge in [0.2, 0.25) is 5.91 Å². The number of allylic oxidation sites excluding steroid dienone is 2. The number of hydrogen-bond donors (Lipinski definition) is 3. The third kappa shape index (κ3) is 4.61. The first-order chi connectivity index (χ1) is 14.0. The Balaban J connectivity index is 1.65. The summed E-state index contributed by atoms with van der Waals surface area (Å²) in [5, 5.41) is 11.4. The van der Waals surface area contributed by atoms with E-state index in [1.807, 2.05) is 19.2 Å². The normalized spacial score (nSPS) is 24.2. The van der Waals surface area contributed by atoms with Crippen LogP contribution in [0, 0.1) is 23.2 Å². The summed E-state index contributed by atoms with van der Waals surface area (Å²) >= 11 is 1.61. The van der Waals surface area contributed by atoms with Gasteiger partial charge in [-0.05, 0) is 62.8 Å². The summed E-state index contributed by atoms with van der Waals surface area (Å²) in [6.07, 6.45) is 3.65. The van der Waals surface area contributed by atoms with Crippen LogP contribution in [0.4, 0.5) is 0 Å². The van der Waals surface area contributed by atoms with Crippen molar-refractivity contribution in [3.05, 3.63) is 32.5 Å². The second-order valence-corrected chi connectivity index (χ2v) is 10.8. The number of carbonyl (C=O) groups is 3. The lowest BCUT2D eigenvalue weighted by atomic mass is 9.72. The smallest absolute Gasteiger partial charge is 0.307 e. The second kappa shape index (κ2) is 8.53. The van der Waals surface area contributed by atoms with Gasteiger partial charge >= 0.3 is 5.97 Å². The molecule has 6 nitrogen and oxygen atoms in total. The van der Waals surface area contributed by atoms with Gasteiger partial charge in [0.05, 0.1) is 17.4 Å². The highest BCUT2D eigenvalue weighted by atomic mass is 32.1. The lowest BCUT2D eigenvalue weighted by Gasteiger charge is -2.34. The molecule has 0 bridgehead atoms. The molecule has 3 atom stereocenters. The zero-order valence-electron chi connectivity index (χ0n) is 18.4. The molecule has 0 saturated carbocycles. The van der Waals surface area contributed by atoms with E-state index in [4.69, 9.17) is 0 Å². The van der Waals surface area contributed by atoms with Crippen LogP contribution >= 0.6 is 11.3 Å². The number of fused-ring (bicyclic) bond motifs is 1. The Hall–Kier alpha value is -2.15. The van der Waals surface area contributed by atoms with Gasteiger partial charge in [-0.3, -0.25) is 25.2 Å². The van der Waals surface area contributed by atoms with E-state index in [0.29, 0.717) is 24.3 Å². The fraction of sp³-hybridized carbons (Fsp3) is 0.609. The third-order valence-corrected chi connectivity index (χ3v) is 7.90. The zero-order valence-corrected chi connectivity index (χ0v) is 19.2. The van der Waals surface area contributed by atoms with Gasteiger partial charge in [0.1, 0.15) is 0 Å². The summed E-state index contributed by atoms with van der Waals surface area (Å²) in [7, 11) is 0. The molecule has 2 aliphatic carbocycles. The van der Waals surface area contributed by atoms with E-state index in [1.165, 1.54) is 4.88 Å². The quantitative estimate of drug-likeness (QED) is 0.495. The van der Waals surface area contributed by atoms with Crippen molar-refractivity contribution in [1.29, 1.82) is 0 Å². The van der Waals surface area contributed by atoms with Crippen molar-refractivity contribution in [2.24, 2.45) is 23.2 Å². The molecular formula is C23H32N2O4S. The Morgan fingerprint density at radius 1 is 1.03 bits per heavy atom.